The second-order valence-electron chi connectivity index (χ2n) is 18.1. The highest BCUT2D eigenvalue weighted by Crippen LogP contribution is 2.45. The number of para-hydroxylation sites is 1. The molecule has 0 spiro atoms. The lowest BCUT2D eigenvalue weighted by atomic mass is 9.79. The molecule has 2 aromatic heterocycles. The smallest absolute Gasteiger partial charge is 0.149 e. The third kappa shape index (κ3) is 6.98. The first-order valence-electron chi connectivity index (χ1n) is 19.5. The minimum atomic E-state index is -2.42. The average molecular weight is 681 g/mol. The van der Waals surface area contributed by atoms with E-state index in [1.807, 2.05) is 53.2 Å². The largest absolute Gasteiger partial charge is 0.507 e. The highest BCUT2D eigenvalue weighted by molar-refractivity contribution is 5.96. The zero-order valence-electron chi connectivity index (χ0n) is 35.4. The van der Waals surface area contributed by atoms with Gasteiger partial charge in [-0.05, 0) is 92.7 Å². The van der Waals surface area contributed by atoms with Crippen molar-refractivity contribution in [3.05, 3.63) is 119 Å². The number of hydrogen-bond donors (Lipinski definition) is 1. The van der Waals surface area contributed by atoms with Crippen LogP contribution in [0.2, 0.25) is 0 Å². The number of rotatable bonds is 4. The molecule has 0 aliphatic rings. The van der Waals surface area contributed by atoms with E-state index in [1.165, 1.54) is 5.56 Å². The second kappa shape index (κ2) is 12.5. The number of imidazole rings is 1. The van der Waals surface area contributed by atoms with Crippen molar-refractivity contribution in [2.75, 3.05) is 0 Å². The Bertz CT molecular complexity index is 2370. The molecule has 4 nitrogen and oxygen atoms in total. The molecule has 264 valence electrons. The number of benzene rings is 4. The Balaban J connectivity index is 1.71. The van der Waals surface area contributed by atoms with Crippen molar-refractivity contribution in [3.63, 3.8) is 0 Å². The Labute approximate surface area is 309 Å². The Kier molecular flexibility index (Phi) is 7.90. The van der Waals surface area contributed by atoms with Crippen LogP contribution in [0.1, 0.15) is 115 Å². The Hall–Kier alpha value is -4.70. The maximum absolute atomic E-state index is 12.2. The molecule has 0 amide bonds. The van der Waals surface area contributed by atoms with Gasteiger partial charge < -0.3 is 5.11 Å². The van der Waals surface area contributed by atoms with E-state index in [0.29, 0.717) is 22.6 Å². The summed E-state index contributed by atoms with van der Waals surface area (Å²) in [5.74, 6) is 0.624. The van der Waals surface area contributed by atoms with Crippen molar-refractivity contribution in [1.29, 1.82) is 0 Å². The number of phenols is 1. The molecule has 0 atom stereocenters. The standard InChI is InChI=1S/C47H55N3O/c1-29-24-32(44(2,3)4)20-21-39(29)50-40-19-15-18-35(30-16-14-17-31(25-30)38-28-33(22-23-48-38)45(5,6)7)41(40)49-43(50)36-26-34(46(8,9)10)27-37(42(36)51)47(11,12)13/h14-28,51H,1-13H3/i1D3. The lowest BCUT2D eigenvalue weighted by molar-refractivity contribution is 0.446. The van der Waals surface area contributed by atoms with Gasteiger partial charge in [-0.3, -0.25) is 9.55 Å². The number of pyridine rings is 1. The fourth-order valence-electron chi connectivity index (χ4n) is 6.66. The van der Waals surface area contributed by atoms with Crippen molar-refractivity contribution in [3.8, 4) is 45.2 Å². The van der Waals surface area contributed by atoms with Crippen LogP contribution in [0.25, 0.3) is 50.5 Å². The van der Waals surface area contributed by atoms with Gasteiger partial charge in [0.15, 0.2) is 0 Å². The quantitative estimate of drug-likeness (QED) is 0.202. The maximum Gasteiger partial charge on any atom is 0.149 e. The lowest BCUT2D eigenvalue weighted by Crippen LogP contribution is -2.17. The summed E-state index contributed by atoms with van der Waals surface area (Å²) >= 11 is 0. The van der Waals surface area contributed by atoms with E-state index in [0.717, 1.165) is 44.6 Å². The first-order valence-corrected chi connectivity index (χ1v) is 18.0. The monoisotopic (exact) mass is 680 g/mol. The molecular formula is C47H55N3O. The van der Waals surface area contributed by atoms with Gasteiger partial charge in [-0.1, -0.05) is 132 Å². The van der Waals surface area contributed by atoms with Crippen LogP contribution in [0.4, 0.5) is 0 Å². The minimum absolute atomic E-state index is 0.0223. The molecule has 4 heteroatoms. The average Bonchev–Trinajstić information content (AvgIpc) is 3.45. The number of nitrogens with zero attached hydrogens (tertiary/aromatic N) is 3. The summed E-state index contributed by atoms with van der Waals surface area (Å²) in [5.41, 5.74) is 9.57. The van der Waals surface area contributed by atoms with Crippen LogP contribution in [-0.2, 0) is 21.7 Å². The molecule has 51 heavy (non-hydrogen) atoms. The molecule has 0 bridgehead atoms. The minimum Gasteiger partial charge on any atom is -0.507 e. The van der Waals surface area contributed by atoms with Gasteiger partial charge in [-0.15, -0.1) is 0 Å². The summed E-state index contributed by atoms with van der Waals surface area (Å²) in [6, 6.07) is 28.4. The van der Waals surface area contributed by atoms with Gasteiger partial charge in [-0.25, -0.2) is 4.98 Å². The van der Waals surface area contributed by atoms with Gasteiger partial charge in [-0.2, -0.15) is 0 Å². The maximum atomic E-state index is 12.2. The van der Waals surface area contributed by atoms with Crippen molar-refractivity contribution < 1.29 is 9.22 Å². The molecular weight excluding hydrogens is 623 g/mol. The Morgan fingerprint density at radius 3 is 1.90 bits per heavy atom. The van der Waals surface area contributed by atoms with Gasteiger partial charge in [0.1, 0.15) is 11.6 Å². The van der Waals surface area contributed by atoms with Gasteiger partial charge in [0, 0.05) is 27.0 Å². The Morgan fingerprint density at radius 2 is 1.25 bits per heavy atom. The summed E-state index contributed by atoms with van der Waals surface area (Å²) in [4.78, 5) is 10.1. The molecule has 6 aromatic rings. The molecule has 0 saturated heterocycles. The summed E-state index contributed by atoms with van der Waals surface area (Å²) in [6.07, 6.45) is 1.87. The molecule has 1 N–H and O–H groups in total. The number of aryl methyl sites for hydroxylation is 1. The van der Waals surface area contributed by atoms with Crippen LogP contribution < -0.4 is 0 Å². The first kappa shape index (κ1) is 32.2. The lowest BCUT2D eigenvalue weighted by Gasteiger charge is -2.27. The summed E-state index contributed by atoms with van der Waals surface area (Å²) in [5, 5.41) is 12.2. The topological polar surface area (TPSA) is 50.9 Å². The molecule has 0 saturated carbocycles. The third-order valence-electron chi connectivity index (χ3n) is 9.91. The molecule has 0 aliphatic heterocycles. The van der Waals surface area contributed by atoms with Crippen LogP contribution >= 0.6 is 0 Å². The summed E-state index contributed by atoms with van der Waals surface area (Å²) < 4.78 is 28.2. The van der Waals surface area contributed by atoms with Crippen LogP contribution in [0.15, 0.2) is 91.1 Å². The summed E-state index contributed by atoms with van der Waals surface area (Å²) in [7, 11) is 0. The third-order valence-corrected chi connectivity index (χ3v) is 9.91. The van der Waals surface area contributed by atoms with Crippen molar-refractivity contribution in [1.82, 2.24) is 14.5 Å². The van der Waals surface area contributed by atoms with Gasteiger partial charge >= 0.3 is 0 Å². The second-order valence-corrected chi connectivity index (χ2v) is 18.1. The fourth-order valence-corrected chi connectivity index (χ4v) is 6.66. The molecule has 0 unspecified atom stereocenters. The molecule has 0 aliphatic carbocycles. The molecule has 0 fully saturated rings. The molecule has 0 radical (unpaired) electrons. The normalized spacial score (nSPS) is 14.0. The zero-order chi connectivity index (χ0) is 39.8. The Morgan fingerprint density at radius 1 is 0.608 bits per heavy atom. The van der Waals surface area contributed by atoms with E-state index >= 15 is 0 Å². The van der Waals surface area contributed by atoms with Crippen LogP contribution in [0.3, 0.4) is 0 Å². The van der Waals surface area contributed by atoms with Crippen molar-refractivity contribution in [2.45, 2.75) is 112 Å². The summed E-state index contributed by atoms with van der Waals surface area (Å²) in [6.45, 7) is 23.2. The molecule has 4 aromatic carbocycles. The molecule has 2 heterocycles. The van der Waals surface area contributed by atoms with Gasteiger partial charge in [0.05, 0.1) is 28.0 Å². The van der Waals surface area contributed by atoms with E-state index in [1.54, 1.807) is 0 Å². The van der Waals surface area contributed by atoms with Crippen molar-refractivity contribution >= 4 is 11.0 Å². The van der Waals surface area contributed by atoms with E-state index in [-0.39, 0.29) is 33.0 Å². The predicted molar refractivity (Wildman–Crippen MR) is 216 cm³/mol. The fraction of sp³-hybridized carbons (Fsp3) is 0.362. The van der Waals surface area contributed by atoms with E-state index in [9.17, 15) is 5.11 Å². The van der Waals surface area contributed by atoms with E-state index in [4.69, 9.17) is 14.1 Å². The molecule has 6 rings (SSSR count). The number of hydrogen-bond acceptors (Lipinski definition) is 3. The van der Waals surface area contributed by atoms with E-state index in [2.05, 4.69) is 126 Å². The zero-order valence-corrected chi connectivity index (χ0v) is 32.4. The highest BCUT2D eigenvalue weighted by atomic mass is 16.3. The number of aromatic hydroxyl groups is 1. The highest BCUT2D eigenvalue weighted by Gasteiger charge is 2.29. The van der Waals surface area contributed by atoms with Gasteiger partial charge in [0.2, 0.25) is 0 Å². The van der Waals surface area contributed by atoms with Crippen LogP contribution in [0, 0.1) is 6.85 Å². The number of phenolic OH excluding ortho intramolecular Hbond substituents is 1. The van der Waals surface area contributed by atoms with Crippen LogP contribution in [0.5, 0.6) is 5.75 Å². The van der Waals surface area contributed by atoms with Crippen LogP contribution in [-0.4, -0.2) is 19.6 Å². The number of fused-ring (bicyclic) bond motifs is 1. The number of aromatic nitrogens is 3. The first-order chi connectivity index (χ1) is 24.9. The SMILES string of the molecule is [2H]C([2H])([2H])c1cc(C(C)(C)C)ccc1-n1c(-c2cc(C(C)(C)C)cc(C(C)(C)C)c2O)nc2c(-c3cccc(-c4cc(C(C)(C)C)ccn4)c3)cccc21. The predicted octanol–water partition coefficient (Wildman–Crippen LogP) is 12.6. The van der Waals surface area contributed by atoms with Gasteiger partial charge in [0.25, 0.3) is 0 Å². The van der Waals surface area contributed by atoms with E-state index < -0.39 is 6.85 Å². The van der Waals surface area contributed by atoms with Crippen molar-refractivity contribution in [2.24, 2.45) is 0 Å².